The zero-order chi connectivity index (χ0) is 33.7. The summed E-state index contributed by atoms with van der Waals surface area (Å²) in [5.41, 5.74) is 0.316. The number of halogens is 3. The molecule has 0 saturated carbocycles. The van der Waals surface area contributed by atoms with Crippen LogP contribution in [0.15, 0.2) is 42.6 Å². The molecule has 2 aromatic heterocycles. The van der Waals surface area contributed by atoms with Gasteiger partial charge in [0.2, 0.25) is 0 Å². The van der Waals surface area contributed by atoms with Crippen molar-refractivity contribution in [1.82, 2.24) is 30.1 Å². The van der Waals surface area contributed by atoms with Crippen molar-refractivity contribution in [1.29, 1.82) is 0 Å². The SMILES string of the molecule is CN(c1nc(OC[C@@]23CCCN2C[C@H](F)C3)nc2c(F)c(-c3cccc4cccc(Cl)c34)ncc12)[C@@H]1CCN(C(=O)C#CC2CCCN2)C1. The van der Waals surface area contributed by atoms with Gasteiger partial charge in [0.05, 0.1) is 17.0 Å². The minimum Gasteiger partial charge on any atom is -0.461 e. The Morgan fingerprint density at radius 1 is 1.16 bits per heavy atom. The number of carbonyl (C=O) groups is 1. The number of likely N-dealkylation sites (tertiary alicyclic amines) is 1. The summed E-state index contributed by atoms with van der Waals surface area (Å²) in [6.07, 6.45) is 5.57. The Labute approximate surface area is 289 Å². The van der Waals surface area contributed by atoms with Gasteiger partial charge in [-0.05, 0) is 62.6 Å². The van der Waals surface area contributed by atoms with Crippen LogP contribution in [0.5, 0.6) is 6.01 Å². The molecule has 1 unspecified atom stereocenters. The molecule has 0 spiro atoms. The highest BCUT2D eigenvalue weighted by atomic mass is 35.5. The summed E-state index contributed by atoms with van der Waals surface area (Å²) in [7, 11) is 1.89. The minimum atomic E-state index is -0.908. The molecule has 0 bridgehead atoms. The molecule has 254 valence electrons. The average molecular weight is 686 g/mol. The number of benzene rings is 2. The second kappa shape index (κ2) is 13.0. The number of alkyl halides is 1. The molecule has 12 heteroatoms. The van der Waals surface area contributed by atoms with E-state index in [1.54, 1.807) is 23.2 Å². The number of anilines is 1. The van der Waals surface area contributed by atoms with Crippen LogP contribution in [0.3, 0.4) is 0 Å². The molecule has 4 aliphatic rings. The Morgan fingerprint density at radius 3 is 2.86 bits per heavy atom. The van der Waals surface area contributed by atoms with Crippen LogP contribution >= 0.6 is 11.6 Å². The maximum absolute atomic E-state index is 16.8. The number of likely N-dealkylation sites (N-methyl/N-ethyl adjacent to an activating group) is 1. The van der Waals surface area contributed by atoms with E-state index in [1.807, 2.05) is 36.2 Å². The lowest BCUT2D eigenvalue weighted by Gasteiger charge is -2.31. The number of hydrogen-bond donors (Lipinski definition) is 1. The first kappa shape index (κ1) is 32.1. The number of amides is 1. The summed E-state index contributed by atoms with van der Waals surface area (Å²) < 4.78 is 37.6. The van der Waals surface area contributed by atoms with Crippen LogP contribution < -0.4 is 15.0 Å². The summed E-state index contributed by atoms with van der Waals surface area (Å²) in [5, 5.41) is 5.78. The number of hydrogen-bond acceptors (Lipinski definition) is 8. The van der Waals surface area contributed by atoms with Gasteiger partial charge in [0, 0.05) is 61.3 Å². The van der Waals surface area contributed by atoms with Crippen LogP contribution in [0.25, 0.3) is 32.9 Å². The van der Waals surface area contributed by atoms with Gasteiger partial charge in [0.1, 0.15) is 29.8 Å². The molecular weight excluding hydrogens is 648 g/mol. The molecule has 0 radical (unpaired) electrons. The second-order valence-electron chi connectivity index (χ2n) is 13.7. The predicted octanol–water partition coefficient (Wildman–Crippen LogP) is 5.39. The van der Waals surface area contributed by atoms with Gasteiger partial charge in [-0.2, -0.15) is 9.97 Å². The summed E-state index contributed by atoms with van der Waals surface area (Å²) in [5.74, 6) is 5.53. The highest BCUT2D eigenvalue weighted by Crippen LogP contribution is 2.41. The molecule has 49 heavy (non-hydrogen) atoms. The van der Waals surface area contributed by atoms with Crippen molar-refractivity contribution in [3.05, 3.63) is 53.4 Å². The zero-order valence-electron chi connectivity index (χ0n) is 27.4. The molecule has 8 rings (SSSR count). The first-order chi connectivity index (χ1) is 23.8. The van der Waals surface area contributed by atoms with E-state index in [0.717, 1.165) is 44.2 Å². The lowest BCUT2D eigenvalue weighted by Crippen LogP contribution is -2.43. The monoisotopic (exact) mass is 685 g/mol. The molecule has 4 saturated heterocycles. The molecule has 1 amide bonds. The van der Waals surface area contributed by atoms with Crippen molar-refractivity contribution in [2.45, 2.75) is 62.3 Å². The third-order valence-electron chi connectivity index (χ3n) is 10.7. The summed E-state index contributed by atoms with van der Waals surface area (Å²) in [4.78, 5) is 32.9. The molecule has 0 aliphatic carbocycles. The van der Waals surface area contributed by atoms with E-state index < -0.39 is 17.5 Å². The van der Waals surface area contributed by atoms with Gasteiger partial charge in [0.25, 0.3) is 5.91 Å². The summed E-state index contributed by atoms with van der Waals surface area (Å²) >= 11 is 6.62. The fourth-order valence-corrected chi connectivity index (χ4v) is 8.42. The van der Waals surface area contributed by atoms with E-state index >= 15 is 4.39 Å². The molecule has 4 aliphatic heterocycles. The Balaban J connectivity index is 1.15. The quantitative estimate of drug-likeness (QED) is 0.271. The van der Waals surface area contributed by atoms with Crippen molar-refractivity contribution < 1.29 is 18.3 Å². The van der Waals surface area contributed by atoms with E-state index in [4.69, 9.17) is 21.3 Å². The Morgan fingerprint density at radius 2 is 2.02 bits per heavy atom. The van der Waals surface area contributed by atoms with Gasteiger partial charge in [-0.15, -0.1) is 0 Å². The van der Waals surface area contributed by atoms with Crippen molar-refractivity contribution in [2.75, 3.05) is 51.3 Å². The molecular formula is C37H38ClF2N7O2. The van der Waals surface area contributed by atoms with E-state index in [9.17, 15) is 9.18 Å². The van der Waals surface area contributed by atoms with Gasteiger partial charge >= 0.3 is 6.01 Å². The summed E-state index contributed by atoms with van der Waals surface area (Å²) in [6.45, 7) is 3.35. The third kappa shape index (κ3) is 5.94. The smallest absolute Gasteiger partial charge is 0.319 e. The molecule has 1 N–H and O–H groups in total. The molecule has 9 nitrogen and oxygen atoms in total. The Bertz CT molecular complexity index is 1990. The fourth-order valence-electron chi connectivity index (χ4n) is 8.13. The number of aromatic nitrogens is 3. The average Bonchev–Trinajstić information content (AvgIpc) is 3.92. The normalized spacial score (nSPS) is 25.1. The fraction of sp³-hybridized carbons (Fsp3) is 0.459. The second-order valence-corrected chi connectivity index (χ2v) is 14.2. The van der Waals surface area contributed by atoms with Gasteiger partial charge in [0.15, 0.2) is 5.82 Å². The lowest BCUT2D eigenvalue weighted by atomic mass is 9.95. The highest BCUT2D eigenvalue weighted by molar-refractivity contribution is 6.36. The van der Waals surface area contributed by atoms with Crippen molar-refractivity contribution in [3.63, 3.8) is 0 Å². The number of nitrogens with zero attached hydrogens (tertiary/aromatic N) is 6. The van der Waals surface area contributed by atoms with Crippen molar-refractivity contribution in [2.24, 2.45) is 0 Å². The Kier molecular flexibility index (Phi) is 8.50. The maximum Gasteiger partial charge on any atom is 0.319 e. The number of nitrogens with one attached hydrogen (secondary N) is 1. The van der Waals surface area contributed by atoms with E-state index in [-0.39, 0.29) is 41.8 Å². The molecule has 2 aromatic carbocycles. The van der Waals surface area contributed by atoms with Gasteiger partial charge < -0.3 is 19.9 Å². The third-order valence-corrected chi connectivity index (χ3v) is 11.0. The first-order valence-corrected chi connectivity index (χ1v) is 17.5. The van der Waals surface area contributed by atoms with Crippen molar-refractivity contribution in [3.8, 4) is 29.1 Å². The van der Waals surface area contributed by atoms with Crippen LogP contribution in [0.1, 0.15) is 38.5 Å². The molecule has 6 heterocycles. The number of rotatable bonds is 6. The minimum absolute atomic E-state index is 0.0192. The Hall–Kier alpha value is -4.11. The van der Waals surface area contributed by atoms with Gasteiger partial charge in [-0.3, -0.25) is 14.7 Å². The van der Waals surface area contributed by atoms with Gasteiger partial charge in [-0.1, -0.05) is 47.9 Å². The van der Waals surface area contributed by atoms with E-state index in [1.165, 1.54) is 0 Å². The first-order valence-electron chi connectivity index (χ1n) is 17.1. The van der Waals surface area contributed by atoms with E-state index in [0.29, 0.717) is 59.7 Å². The highest BCUT2D eigenvalue weighted by Gasteiger charge is 2.49. The van der Waals surface area contributed by atoms with Crippen LogP contribution in [0, 0.1) is 17.7 Å². The number of fused-ring (bicyclic) bond motifs is 3. The van der Waals surface area contributed by atoms with Crippen molar-refractivity contribution >= 4 is 45.0 Å². The van der Waals surface area contributed by atoms with Crippen LogP contribution in [0.4, 0.5) is 14.6 Å². The lowest BCUT2D eigenvalue weighted by molar-refractivity contribution is -0.124. The van der Waals surface area contributed by atoms with Crippen LogP contribution in [0.2, 0.25) is 5.02 Å². The maximum atomic E-state index is 16.8. The topological polar surface area (TPSA) is 86.7 Å². The standard InChI is InChI=1S/C37H38ClF2N7O2/c1-45(26-13-17-46(21-26)30(48)12-11-25-8-4-15-41-25)35-28-19-42-33(27-9-2-6-23-7-3-10-29(38)31(23)27)32(40)34(28)43-36(44-35)49-22-37-14-5-16-47(37)20-24(39)18-37/h2-3,6-7,9-10,19,24-26,41H,4-5,8,13-18,20-22H2,1H3/t24-,25?,26-,37+/m1/s1. The van der Waals surface area contributed by atoms with Gasteiger partial charge in [-0.25, -0.2) is 8.78 Å². The summed E-state index contributed by atoms with van der Waals surface area (Å²) in [6, 6.07) is 11.1. The number of ether oxygens (including phenoxy) is 1. The van der Waals surface area contributed by atoms with Crippen LogP contribution in [-0.2, 0) is 4.79 Å². The molecule has 4 aromatic rings. The predicted molar refractivity (Wildman–Crippen MR) is 186 cm³/mol. The largest absolute Gasteiger partial charge is 0.461 e. The zero-order valence-corrected chi connectivity index (χ0v) is 28.1. The van der Waals surface area contributed by atoms with E-state index in [2.05, 4.69) is 32.0 Å². The number of carbonyl (C=O) groups excluding carboxylic acids is 1. The molecule has 4 atom stereocenters. The molecule has 4 fully saturated rings. The number of pyridine rings is 1. The van der Waals surface area contributed by atoms with Crippen LogP contribution in [-0.4, -0.2) is 101 Å².